The monoisotopic (exact) mass is 348 g/mol. The van der Waals surface area contributed by atoms with Gasteiger partial charge >= 0.3 is 12.1 Å². The Kier molecular flexibility index (Phi) is 6.42. The molecule has 1 aromatic carbocycles. The molecule has 1 aromatic rings. The Balaban J connectivity index is 1.82. The fraction of sp³-hybridized carbons (Fsp3) is 0.579. The molecule has 6 nitrogen and oxygen atoms in total. The van der Waals surface area contributed by atoms with E-state index in [1.54, 1.807) is 24.0 Å². The van der Waals surface area contributed by atoms with Gasteiger partial charge in [-0.1, -0.05) is 12.1 Å². The molecule has 0 N–H and O–H groups in total. The van der Waals surface area contributed by atoms with Crippen LogP contribution >= 0.6 is 0 Å². The van der Waals surface area contributed by atoms with Crippen LogP contribution in [0.5, 0.6) is 0 Å². The van der Waals surface area contributed by atoms with Crippen LogP contribution in [0.1, 0.15) is 43.6 Å². The molecule has 25 heavy (non-hydrogen) atoms. The first kappa shape index (κ1) is 19.2. The molecule has 0 aromatic heterocycles. The molecular formula is C19H28N2O4. The van der Waals surface area contributed by atoms with E-state index in [2.05, 4.69) is 4.90 Å². The van der Waals surface area contributed by atoms with Crippen LogP contribution in [0.4, 0.5) is 4.79 Å². The molecular weight excluding hydrogens is 320 g/mol. The maximum absolute atomic E-state index is 12.1. The van der Waals surface area contributed by atoms with Gasteiger partial charge in [0, 0.05) is 32.7 Å². The zero-order valence-corrected chi connectivity index (χ0v) is 15.6. The largest absolute Gasteiger partial charge is 0.462 e. The first-order valence-corrected chi connectivity index (χ1v) is 8.75. The lowest BCUT2D eigenvalue weighted by Gasteiger charge is -2.35. The van der Waals surface area contributed by atoms with Crippen LogP contribution < -0.4 is 0 Å². The molecule has 0 spiro atoms. The predicted octanol–water partition coefficient (Wildman–Crippen LogP) is 2.92. The molecule has 0 atom stereocenters. The zero-order valence-electron chi connectivity index (χ0n) is 15.6. The van der Waals surface area contributed by atoms with Crippen molar-refractivity contribution in [2.75, 3.05) is 32.8 Å². The lowest BCUT2D eigenvalue weighted by atomic mass is 10.1. The fourth-order valence-corrected chi connectivity index (χ4v) is 2.63. The van der Waals surface area contributed by atoms with Gasteiger partial charge in [-0.2, -0.15) is 0 Å². The lowest BCUT2D eigenvalue weighted by Crippen LogP contribution is -2.49. The van der Waals surface area contributed by atoms with Crippen molar-refractivity contribution >= 4 is 12.1 Å². The molecule has 0 aliphatic carbocycles. The number of ether oxygens (including phenoxy) is 2. The standard InChI is InChI=1S/C19H28N2O4/c1-5-24-17(22)16-8-6-15(7-9-16)14-20-10-12-21(13-11-20)18(23)25-19(2,3)4/h6-9H,5,10-14H2,1-4H3. The van der Waals surface area contributed by atoms with Crippen molar-refractivity contribution in [3.8, 4) is 0 Å². The molecule has 1 heterocycles. The van der Waals surface area contributed by atoms with Crippen molar-refractivity contribution in [3.63, 3.8) is 0 Å². The molecule has 1 aliphatic rings. The topological polar surface area (TPSA) is 59.1 Å². The van der Waals surface area contributed by atoms with Crippen molar-refractivity contribution < 1.29 is 19.1 Å². The Morgan fingerprint density at radius 3 is 2.16 bits per heavy atom. The van der Waals surface area contributed by atoms with E-state index < -0.39 is 5.60 Å². The van der Waals surface area contributed by atoms with Crippen LogP contribution in [-0.2, 0) is 16.0 Å². The number of hydrogen-bond acceptors (Lipinski definition) is 5. The number of carbonyl (C=O) groups excluding carboxylic acids is 2. The van der Waals surface area contributed by atoms with E-state index in [9.17, 15) is 9.59 Å². The third-order valence-electron chi connectivity index (χ3n) is 3.90. The van der Waals surface area contributed by atoms with E-state index in [4.69, 9.17) is 9.47 Å². The van der Waals surface area contributed by atoms with Crippen molar-refractivity contribution in [2.24, 2.45) is 0 Å². The van der Waals surface area contributed by atoms with Gasteiger partial charge in [-0.05, 0) is 45.4 Å². The molecule has 0 unspecified atom stereocenters. The Bertz CT molecular complexity index is 584. The second-order valence-electron chi connectivity index (χ2n) is 7.16. The SMILES string of the molecule is CCOC(=O)c1ccc(CN2CCN(C(=O)OC(C)(C)C)CC2)cc1. The summed E-state index contributed by atoms with van der Waals surface area (Å²) in [7, 11) is 0. The van der Waals surface area contributed by atoms with Crippen molar-refractivity contribution in [1.29, 1.82) is 0 Å². The number of hydrogen-bond donors (Lipinski definition) is 0. The van der Waals surface area contributed by atoms with Crippen LogP contribution in [0, 0.1) is 0 Å². The highest BCUT2D eigenvalue weighted by Gasteiger charge is 2.25. The second-order valence-corrected chi connectivity index (χ2v) is 7.16. The van der Waals surface area contributed by atoms with Gasteiger partial charge < -0.3 is 14.4 Å². The Labute approximate surface area is 149 Å². The average Bonchev–Trinajstić information content (AvgIpc) is 2.55. The van der Waals surface area contributed by atoms with E-state index in [0.29, 0.717) is 25.3 Å². The Hall–Kier alpha value is -2.08. The molecule has 0 bridgehead atoms. The molecule has 1 aliphatic heterocycles. The highest BCUT2D eigenvalue weighted by atomic mass is 16.6. The summed E-state index contributed by atoms with van der Waals surface area (Å²) in [4.78, 5) is 27.8. The summed E-state index contributed by atoms with van der Waals surface area (Å²) >= 11 is 0. The van der Waals surface area contributed by atoms with Gasteiger partial charge in [-0.3, -0.25) is 4.90 Å². The third-order valence-corrected chi connectivity index (χ3v) is 3.90. The van der Waals surface area contributed by atoms with Gasteiger partial charge in [0.15, 0.2) is 0 Å². The molecule has 6 heteroatoms. The normalized spacial score (nSPS) is 15.8. The molecule has 2 rings (SSSR count). The number of nitrogens with zero attached hydrogens (tertiary/aromatic N) is 2. The number of piperazine rings is 1. The van der Waals surface area contributed by atoms with E-state index in [1.165, 1.54) is 0 Å². The van der Waals surface area contributed by atoms with Gasteiger partial charge in [0.2, 0.25) is 0 Å². The van der Waals surface area contributed by atoms with Gasteiger partial charge in [0.05, 0.1) is 12.2 Å². The number of esters is 1. The van der Waals surface area contributed by atoms with Crippen LogP contribution in [0.25, 0.3) is 0 Å². The summed E-state index contributed by atoms with van der Waals surface area (Å²) < 4.78 is 10.4. The van der Waals surface area contributed by atoms with Gasteiger partial charge in [-0.15, -0.1) is 0 Å². The number of carbonyl (C=O) groups is 2. The summed E-state index contributed by atoms with van der Waals surface area (Å²) in [5.41, 5.74) is 1.24. The minimum absolute atomic E-state index is 0.245. The summed E-state index contributed by atoms with van der Waals surface area (Å²) in [6.45, 7) is 11.5. The minimum Gasteiger partial charge on any atom is -0.462 e. The first-order valence-electron chi connectivity index (χ1n) is 8.75. The second kappa shape index (κ2) is 8.34. The highest BCUT2D eigenvalue weighted by Crippen LogP contribution is 2.14. The van der Waals surface area contributed by atoms with E-state index >= 15 is 0 Å². The fourth-order valence-electron chi connectivity index (χ4n) is 2.63. The van der Waals surface area contributed by atoms with Crippen molar-refractivity contribution in [1.82, 2.24) is 9.80 Å². The Morgan fingerprint density at radius 2 is 1.64 bits per heavy atom. The number of benzene rings is 1. The maximum Gasteiger partial charge on any atom is 0.410 e. The third kappa shape index (κ3) is 6.05. The van der Waals surface area contributed by atoms with E-state index in [1.807, 2.05) is 32.9 Å². The van der Waals surface area contributed by atoms with E-state index in [0.717, 1.165) is 25.2 Å². The van der Waals surface area contributed by atoms with Gasteiger partial charge in [-0.25, -0.2) is 9.59 Å². The summed E-state index contributed by atoms with van der Waals surface area (Å²) in [5, 5.41) is 0. The number of amides is 1. The van der Waals surface area contributed by atoms with Crippen LogP contribution in [-0.4, -0.2) is 60.2 Å². The van der Waals surface area contributed by atoms with Gasteiger partial charge in [0.25, 0.3) is 0 Å². The van der Waals surface area contributed by atoms with Crippen molar-refractivity contribution in [2.45, 2.75) is 39.8 Å². The first-order chi connectivity index (χ1) is 11.8. The summed E-state index contributed by atoms with van der Waals surface area (Å²) in [5.74, 6) is -0.292. The summed E-state index contributed by atoms with van der Waals surface area (Å²) in [6.07, 6.45) is -0.245. The van der Waals surface area contributed by atoms with Crippen LogP contribution in [0.2, 0.25) is 0 Å². The quantitative estimate of drug-likeness (QED) is 0.783. The lowest BCUT2D eigenvalue weighted by molar-refractivity contribution is 0.0139. The van der Waals surface area contributed by atoms with Crippen LogP contribution in [0.3, 0.4) is 0 Å². The molecule has 0 radical (unpaired) electrons. The average molecular weight is 348 g/mol. The molecule has 138 valence electrons. The maximum atomic E-state index is 12.1. The number of rotatable bonds is 4. The minimum atomic E-state index is -0.463. The van der Waals surface area contributed by atoms with Crippen LogP contribution in [0.15, 0.2) is 24.3 Å². The van der Waals surface area contributed by atoms with E-state index in [-0.39, 0.29) is 12.1 Å². The predicted molar refractivity (Wildman–Crippen MR) is 95.5 cm³/mol. The summed E-state index contributed by atoms with van der Waals surface area (Å²) in [6, 6.07) is 7.49. The highest BCUT2D eigenvalue weighted by molar-refractivity contribution is 5.89. The van der Waals surface area contributed by atoms with Gasteiger partial charge in [0.1, 0.15) is 5.60 Å². The Morgan fingerprint density at radius 1 is 1.04 bits per heavy atom. The molecule has 1 fully saturated rings. The zero-order chi connectivity index (χ0) is 18.4. The molecule has 1 saturated heterocycles. The molecule has 0 saturated carbocycles. The smallest absolute Gasteiger partial charge is 0.410 e. The molecule has 1 amide bonds. The van der Waals surface area contributed by atoms with Crippen molar-refractivity contribution in [3.05, 3.63) is 35.4 Å².